The van der Waals surface area contributed by atoms with Crippen LogP contribution in [0.15, 0.2) is 36.4 Å². The summed E-state index contributed by atoms with van der Waals surface area (Å²) < 4.78 is 4.82. The molecule has 5 heteroatoms. The lowest BCUT2D eigenvalue weighted by atomic mass is 9.68. The lowest BCUT2D eigenvalue weighted by molar-refractivity contribution is 0.0600. The minimum atomic E-state index is -0.306. The zero-order valence-electron chi connectivity index (χ0n) is 15.0. The van der Waals surface area contributed by atoms with Crippen molar-refractivity contribution < 1.29 is 9.53 Å². The van der Waals surface area contributed by atoms with Gasteiger partial charge in [-0.15, -0.1) is 0 Å². The Morgan fingerprint density at radius 2 is 1.85 bits per heavy atom. The van der Waals surface area contributed by atoms with Gasteiger partial charge < -0.3 is 10.1 Å². The van der Waals surface area contributed by atoms with Gasteiger partial charge in [-0.25, -0.2) is 4.79 Å². The maximum Gasteiger partial charge on any atom is 0.337 e. The predicted molar refractivity (Wildman–Crippen MR) is 108 cm³/mol. The molecule has 0 saturated heterocycles. The molecule has 0 unspecified atom stereocenters. The molecule has 3 aliphatic rings. The van der Waals surface area contributed by atoms with Crippen molar-refractivity contribution in [1.29, 1.82) is 0 Å². The van der Waals surface area contributed by atoms with Crippen LogP contribution < -0.4 is 5.32 Å². The van der Waals surface area contributed by atoms with Gasteiger partial charge in [0.15, 0.2) is 0 Å². The van der Waals surface area contributed by atoms with Crippen LogP contribution in [0.5, 0.6) is 0 Å². The van der Waals surface area contributed by atoms with Crippen molar-refractivity contribution in [1.82, 2.24) is 0 Å². The molecule has 5 rings (SSSR count). The number of methoxy groups -OCH3 is 1. The Morgan fingerprint density at radius 3 is 2.59 bits per heavy atom. The third-order valence-corrected chi connectivity index (χ3v) is 7.32. The maximum absolute atomic E-state index is 11.8. The molecule has 5 atom stereocenters. The van der Waals surface area contributed by atoms with Crippen LogP contribution in [-0.4, -0.2) is 13.1 Å². The van der Waals surface area contributed by atoms with Gasteiger partial charge in [0.05, 0.1) is 29.4 Å². The van der Waals surface area contributed by atoms with E-state index in [2.05, 4.69) is 11.4 Å². The van der Waals surface area contributed by atoms with Crippen LogP contribution >= 0.6 is 23.2 Å². The van der Waals surface area contributed by atoms with E-state index in [4.69, 9.17) is 27.9 Å². The highest BCUT2D eigenvalue weighted by Crippen LogP contribution is 2.64. The van der Waals surface area contributed by atoms with Crippen molar-refractivity contribution >= 4 is 34.9 Å². The molecule has 27 heavy (non-hydrogen) atoms. The Bertz CT molecular complexity index is 911. The number of fused-ring (bicyclic) bond motifs is 7. The number of rotatable bonds is 2. The number of nitrogens with one attached hydrogen (secondary N) is 1. The number of hydrogen-bond acceptors (Lipinski definition) is 3. The van der Waals surface area contributed by atoms with Crippen molar-refractivity contribution in [3.63, 3.8) is 0 Å². The first kappa shape index (κ1) is 17.4. The molecular weight excluding hydrogens is 381 g/mol. The molecular formula is C22H21Cl2NO2. The molecule has 0 aromatic heterocycles. The minimum Gasteiger partial charge on any atom is -0.465 e. The van der Waals surface area contributed by atoms with Gasteiger partial charge in [0.1, 0.15) is 0 Å². The van der Waals surface area contributed by atoms with Gasteiger partial charge in [-0.3, -0.25) is 0 Å². The van der Waals surface area contributed by atoms with E-state index in [1.54, 1.807) is 0 Å². The Balaban J connectivity index is 1.58. The molecule has 2 aliphatic carbocycles. The van der Waals surface area contributed by atoms with Crippen molar-refractivity contribution in [3.8, 4) is 0 Å². The van der Waals surface area contributed by atoms with Gasteiger partial charge in [0.2, 0.25) is 0 Å². The summed E-state index contributed by atoms with van der Waals surface area (Å²) in [6.07, 6.45) is 3.88. The normalized spacial score (nSPS) is 30.4. The summed E-state index contributed by atoms with van der Waals surface area (Å²) in [5.74, 6) is 2.17. The standard InChI is InChI=1S/C22H21Cl2NO2/c1-27-22(26)12-4-2-11(3-5-12)20-19-14-7-6-13(8-14)18(19)16-9-15(23)10-17(24)21(16)25-20/h2-5,9-10,13-14,18-20,25H,6-8H2,1H3/t13-,14-,18+,19-,20-/m0/s1. The second-order valence-electron chi connectivity index (χ2n) is 8.02. The Morgan fingerprint density at radius 1 is 1.11 bits per heavy atom. The van der Waals surface area contributed by atoms with Crippen molar-refractivity contribution in [2.24, 2.45) is 17.8 Å². The number of esters is 1. The van der Waals surface area contributed by atoms with Crippen LogP contribution in [0.3, 0.4) is 0 Å². The molecule has 2 aromatic carbocycles. The largest absolute Gasteiger partial charge is 0.465 e. The zero-order chi connectivity index (χ0) is 18.7. The lowest BCUT2D eigenvalue weighted by Crippen LogP contribution is -2.35. The molecule has 0 spiro atoms. The third-order valence-electron chi connectivity index (χ3n) is 6.80. The van der Waals surface area contributed by atoms with Gasteiger partial charge in [0.25, 0.3) is 0 Å². The van der Waals surface area contributed by atoms with Crippen LogP contribution in [0.2, 0.25) is 10.0 Å². The molecule has 140 valence electrons. The average molecular weight is 402 g/mol. The molecule has 3 nitrogen and oxygen atoms in total. The highest BCUT2D eigenvalue weighted by molar-refractivity contribution is 6.36. The van der Waals surface area contributed by atoms with E-state index < -0.39 is 0 Å². The number of carbonyl (C=O) groups is 1. The van der Waals surface area contributed by atoms with Gasteiger partial charge >= 0.3 is 5.97 Å². The van der Waals surface area contributed by atoms with Crippen LogP contribution in [0, 0.1) is 17.8 Å². The number of benzene rings is 2. The summed E-state index contributed by atoms with van der Waals surface area (Å²) in [5, 5.41) is 5.12. The van der Waals surface area contributed by atoms with E-state index in [1.165, 1.54) is 37.5 Å². The van der Waals surface area contributed by atoms with Gasteiger partial charge in [-0.05, 0) is 78.3 Å². The van der Waals surface area contributed by atoms with Gasteiger partial charge in [0, 0.05) is 5.02 Å². The van der Waals surface area contributed by atoms with E-state index in [0.717, 1.165) is 11.6 Å². The lowest BCUT2D eigenvalue weighted by Gasteiger charge is -2.44. The molecule has 1 aliphatic heterocycles. The number of carbonyl (C=O) groups excluding carboxylic acids is 1. The molecule has 2 saturated carbocycles. The van der Waals surface area contributed by atoms with Gasteiger partial charge in [-0.1, -0.05) is 35.3 Å². The Kier molecular flexibility index (Phi) is 4.14. The smallest absolute Gasteiger partial charge is 0.337 e. The molecule has 1 N–H and O–H groups in total. The fourth-order valence-electron chi connectivity index (χ4n) is 5.79. The monoisotopic (exact) mass is 401 g/mol. The quantitative estimate of drug-likeness (QED) is 0.619. The molecule has 1 heterocycles. The minimum absolute atomic E-state index is 0.197. The summed E-state index contributed by atoms with van der Waals surface area (Å²) in [6.45, 7) is 0. The predicted octanol–water partition coefficient (Wildman–Crippen LogP) is 6.08. The average Bonchev–Trinajstić information content (AvgIpc) is 3.29. The number of ether oxygens (including phenoxy) is 1. The molecule has 2 fully saturated rings. The zero-order valence-corrected chi connectivity index (χ0v) is 16.6. The summed E-state index contributed by atoms with van der Waals surface area (Å²) in [5.41, 5.74) is 4.08. The second-order valence-corrected chi connectivity index (χ2v) is 8.87. The highest BCUT2D eigenvalue weighted by Gasteiger charge is 2.54. The third kappa shape index (κ3) is 2.67. The fourth-order valence-corrected chi connectivity index (χ4v) is 6.35. The highest BCUT2D eigenvalue weighted by atomic mass is 35.5. The fraction of sp³-hybridized carbons (Fsp3) is 0.409. The number of anilines is 1. The van der Waals surface area contributed by atoms with E-state index in [1.807, 2.05) is 30.3 Å². The first-order valence-electron chi connectivity index (χ1n) is 9.50. The van der Waals surface area contributed by atoms with Crippen LogP contribution in [0.4, 0.5) is 5.69 Å². The van der Waals surface area contributed by atoms with Crippen molar-refractivity contribution in [2.75, 3.05) is 12.4 Å². The maximum atomic E-state index is 11.8. The molecule has 2 bridgehead atoms. The molecule has 2 aromatic rings. The Hall–Kier alpha value is -1.71. The van der Waals surface area contributed by atoms with Crippen molar-refractivity contribution in [3.05, 3.63) is 63.1 Å². The number of hydrogen-bond donors (Lipinski definition) is 1. The first-order chi connectivity index (χ1) is 13.1. The van der Waals surface area contributed by atoms with E-state index in [-0.39, 0.29) is 12.0 Å². The molecule has 0 amide bonds. The van der Waals surface area contributed by atoms with E-state index in [9.17, 15) is 4.79 Å². The summed E-state index contributed by atoms with van der Waals surface area (Å²) in [6, 6.07) is 11.9. The molecule has 0 radical (unpaired) electrons. The van der Waals surface area contributed by atoms with Crippen LogP contribution in [-0.2, 0) is 4.74 Å². The Labute approximate surface area is 169 Å². The van der Waals surface area contributed by atoms with Gasteiger partial charge in [-0.2, -0.15) is 0 Å². The first-order valence-corrected chi connectivity index (χ1v) is 10.3. The van der Waals surface area contributed by atoms with Crippen LogP contribution in [0.25, 0.3) is 0 Å². The SMILES string of the molecule is COC(=O)c1ccc([C@@H]2Nc3c(Cl)cc(Cl)cc3[C@H]3[C@H]4CC[C@@H](C4)[C@@H]32)cc1. The second kappa shape index (κ2) is 6.42. The summed E-state index contributed by atoms with van der Waals surface area (Å²) in [7, 11) is 1.41. The van der Waals surface area contributed by atoms with E-state index in [0.29, 0.717) is 33.4 Å². The van der Waals surface area contributed by atoms with E-state index >= 15 is 0 Å². The van der Waals surface area contributed by atoms with Crippen LogP contribution in [0.1, 0.15) is 52.7 Å². The van der Waals surface area contributed by atoms with Crippen molar-refractivity contribution in [2.45, 2.75) is 31.2 Å². The summed E-state index contributed by atoms with van der Waals surface area (Å²) in [4.78, 5) is 11.8. The summed E-state index contributed by atoms with van der Waals surface area (Å²) >= 11 is 12.9. The topological polar surface area (TPSA) is 38.3 Å². The number of halogens is 2.